The lowest BCUT2D eigenvalue weighted by atomic mass is 10.2. The minimum absolute atomic E-state index is 0.106. The molecule has 0 aliphatic rings. The lowest BCUT2D eigenvalue weighted by Gasteiger charge is -2.23. The molecule has 1 aromatic heterocycles. The van der Waals surface area contributed by atoms with E-state index in [-0.39, 0.29) is 5.56 Å². The van der Waals surface area contributed by atoms with Crippen molar-refractivity contribution in [2.45, 2.75) is 33.2 Å². The Balaban J connectivity index is 2.30. The van der Waals surface area contributed by atoms with E-state index >= 15 is 0 Å². The van der Waals surface area contributed by atoms with Crippen molar-refractivity contribution in [3.05, 3.63) is 52.1 Å². The average Bonchev–Trinajstić information content (AvgIpc) is 2.46. The van der Waals surface area contributed by atoms with Crippen LogP contribution in [0.1, 0.15) is 31.7 Å². The molecular weight excluding hydrogens is 264 g/mol. The number of rotatable bonds is 6. The Bertz CT molecular complexity index is 651. The van der Waals surface area contributed by atoms with Crippen LogP contribution in [0.15, 0.2) is 35.1 Å². The van der Waals surface area contributed by atoms with Crippen LogP contribution in [0.25, 0.3) is 0 Å². The van der Waals surface area contributed by atoms with Gasteiger partial charge in [-0.05, 0) is 24.1 Å². The van der Waals surface area contributed by atoms with E-state index in [1.165, 1.54) is 0 Å². The molecule has 0 saturated heterocycles. The molecular formula is C16H22N4O. The van der Waals surface area contributed by atoms with Crippen LogP contribution in [0.3, 0.4) is 0 Å². The highest BCUT2D eigenvalue weighted by molar-refractivity contribution is 5.44. The molecule has 0 bridgehead atoms. The standard InChI is InChI=1S/C16H22N4O/c1-3-8-20(11-12-6-5-7-13(17)9-12)15-10-16(21)19-14(4-2)18-15/h5-7,9-10H,3-4,8,11,17H2,1-2H3,(H,18,19,21). The molecule has 5 heteroatoms. The average molecular weight is 286 g/mol. The van der Waals surface area contributed by atoms with Crippen LogP contribution in [-0.2, 0) is 13.0 Å². The van der Waals surface area contributed by atoms with Crippen LogP contribution in [-0.4, -0.2) is 16.5 Å². The molecule has 0 aliphatic heterocycles. The minimum atomic E-state index is -0.106. The number of aryl methyl sites for hydroxylation is 1. The Morgan fingerprint density at radius 2 is 2.10 bits per heavy atom. The van der Waals surface area contributed by atoms with Crippen molar-refractivity contribution in [3.63, 3.8) is 0 Å². The molecule has 5 nitrogen and oxygen atoms in total. The fourth-order valence-electron chi connectivity index (χ4n) is 2.28. The van der Waals surface area contributed by atoms with Crippen LogP contribution in [0.5, 0.6) is 0 Å². The lowest BCUT2D eigenvalue weighted by Crippen LogP contribution is -2.27. The topological polar surface area (TPSA) is 75.0 Å². The molecule has 21 heavy (non-hydrogen) atoms. The summed E-state index contributed by atoms with van der Waals surface area (Å²) in [4.78, 5) is 21.1. The van der Waals surface area contributed by atoms with Gasteiger partial charge in [0.05, 0.1) is 0 Å². The van der Waals surface area contributed by atoms with Crippen molar-refractivity contribution in [3.8, 4) is 0 Å². The summed E-state index contributed by atoms with van der Waals surface area (Å²) in [6, 6.07) is 9.36. The Hall–Kier alpha value is -2.30. The maximum atomic E-state index is 11.7. The number of aromatic amines is 1. The van der Waals surface area contributed by atoms with Crippen LogP contribution in [0, 0.1) is 0 Å². The zero-order valence-electron chi connectivity index (χ0n) is 12.6. The van der Waals surface area contributed by atoms with Gasteiger partial charge >= 0.3 is 0 Å². The number of anilines is 2. The van der Waals surface area contributed by atoms with Crippen molar-refractivity contribution in [1.29, 1.82) is 0 Å². The highest BCUT2D eigenvalue weighted by Gasteiger charge is 2.10. The van der Waals surface area contributed by atoms with Crippen molar-refractivity contribution in [2.24, 2.45) is 0 Å². The third-order valence-corrected chi connectivity index (χ3v) is 3.25. The van der Waals surface area contributed by atoms with E-state index in [2.05, 4.69) is 21.8 Å². The van der Waals surface area contributed by atoms with Crippen LogP contribution in [0.4, 0.5) is 11.5 Å². The van der Waals surface area contributed by atoms with Gasteiger partial charge in [-0.1, -0.05) is 26.0 Å². The van der Waals surface area contributed by atoms with Gasteiger partial charge < -0.3 is 15.6 Å². The summed E-state index contributed by atoms with van der Waals surface area (Å²) in [6.07, 6.45) is 1.69. The van der Waals surface area contributed by atoms with Gasteiger partial charge in [-0.3, -0.25) is 4.79 Å². The molecule has 3 N–H and O–H groups in total. The molecule has 0 amide bonds. The molecule has 112 valence electrons. The third kappa shape index (κ3) is 4.08. The number of nitrogens with one attached hydrogen (secondary N) is 1. The summed E-state index contributed by atoms with van der Waals surface area (Å²) < 4.78 is 0. The Kier molecular flexibility index (Phi) is 4.98. The normalized spacial score (nSPS) is 10.6. The number of benzene rings is 1. The number of hydrogen-bond acceptors (Lipinski definition) is 4. The van der Waals surface area contributed by atoms with Gasteiger partial charge in [-0.25, -0.2) is 4.98 Å². The SMILES string of the molecule is CCCN(Cc1cccc(N)c1)c1cc(=O)[nH]c(CC)n1. The number of H-pyrrole nitrogens is 1. The molecule has 0 radical (unpaired) electrons. The van der Waals surface area contributed by atoms with Gasteiger partial charge in [0.25, 0.3) is 5.56 Å². The van der Waals surface area contributed by atoms with Gasteiger partial charge in [0.15, 0.2) is 0 Å². The molecule has 0 atom stereocenters. The van der Waals surface area contributed by atoms with Gasteiger partial charge in [-0.15, -0.1) is 0 Å². The van der Waals surface area contributed by atoms with Crippen LogP contribution < -0.4 is 16.2 Å². The molecule has 0 saturated carbocycles. The molecule has 0 unspecified atom stereocenters. The van der Waals surface area contributed by atoms with Gasteiger partial charge in [-0.2, -0.15) is 0 Å². The molecule has 2 aromatic rings. The highest BCUT2D eigenvalue weighted by atomic mass is 16.1. The van der Waals surface area contributed by atoms with E-state index in [0.717, 1.165) is 30.0 Å². The summed E-state index contributed by atoms with van der Waals surface area (Å²) in [7, 11) is 0. The van der Waals surface area contributed by atoms with E-state index in [1.54, 1.807) is 6.07 Å². The number of hydrogen-bond donors (Lipinski definition) is 2. The highest BCUT2D eigenvalue weighted by Crippen LogP contribution is 2.15. The van der Waals surface area contributed by atoms with Crippen molar-refractivity contribution < 1.29 is 0 Å². The number of aromatic nitrogens is 2. The maximum absolute atomic E-state index is 11.7. The van der Waals surface area contributed by atoms with Crippen LogP contribution >= 0.6 is 0 Å². The predicted octanol–water partition coefficient (Wildman–Crippen LogP) is 2.33. The van der Waals surface area contributed by atoms with E-state index in [9.17, 15) is 4.79 Å². The van der Waals surface area contributed by atoms with E-state index in [1.807, 2.05) is 31.2 Å². The van der Waals surface area contributed by atoms with E-state index in [0.29, 0.717) is 18.8 Å². The zero-order valence-corrected chi connectivity index (χ0v) is 12.6. The summed E-state index contributed by atoms with van der Waals surface area (Å²) in [6.45, 7) is 5.62. The maximum Gasteiger partial charge on any atom is 0.252 e. The number of nitrogen functional groups attached to an aromatic ring is 1. The van der Waals surface area contributed by atoms with E-state index in [4.69, 9.17) is 5.73 Å². The smallest absolute Gasteiger partial charge is 0.252 e. The second kappa shape index (κ2) is 6.92. The number of nitrogens with two attached hydrogens (primary N) is 1. The predicted molar refractivity (Wildman–Crippen MR) is 86.4 cm³/mol. The first kappa shape index (κ1) is 15.1. The van der Waals surface area contributed by atoms with Crippen LogP contribution in [0.2, 0.25) is 0 Å². The quantitative estimate of drug-likeness (QED) is 0.799. The monoisotopic (exact) mass is 286 g/mol. The van der Waals surface area contributed by atoms with Gasteiger partial charge in [0.2, 0.25) is 0 Å². The Morgan fingerprint density at radius 3 is 2.76 bits per heavy atom. The van der Waals surface area contributed by atoms with Crippen molar-refractivity contribution >= 4 is 11.5 Å². The van der Waals surface area contributed by atoms with Gasteiger partial charge in [0, 0.05) is 31.3 Å². The van der Waals surface area contributed by atoms with E-state index < -0.39 is 0 Å². The summed E-state index contributed by atoms with van der Waals surface area (Å²) >= 11 is 0. The first-order chi connectivity index (χ1) is 10.1. The molecule has 2 rings (SSSR count). The van der Waals surface area contributed by atoms with Gasteiger partial charge in [0.1, 0.15) is 11.6 Å². The van der Waals surface area contributed by atoms with Crippen molar-refractivity contribution in [1.82, 2.24) is 9.97 Å². The Labute approximate surface area is 124 Å². The fourth-order valence-corrected chi connectivity index (χ4v) is 2.28. The second-order valence-electron chi connectivity index (χ2n) is 5.07. The zero-order chi connectivity index (χ0) is 15.2. The Morgan fingerprint density at radius 1 is 1.29 bits per heavy atom. The largest absolute Gasteiger partial charge is 0.399 e. The molecule has 1 heterocycles. The second-order valence-corrected chi connectivity index (χ2v) is 5.07. The molecule has 0 aliphatic carbocycles. The molecule has 1 aromatic carbocycles. The molecule has 0 spiro atoms. The fraction of sp³-hybridized carbons (Fsp3) is 0.375. The summed E-state index contributed by atoms with van der Waals surface area (Å²) in [5, 5.41) is 0. The van der Waals surface area contributed by atoms with Crippen molar-refractivity contribution in [2.75, 3.05) is 17.2 Å². The molecule has 0 fully saturated rings. The first-order valence-electron chi connectivity index (χ1n) is 7.32. The summed E-state index contributed by atoms with van der Waals surface area (Å²) in [5.41, 5.74) is 7.58. The summed E-state index contributed by atoms with van der Waals surface area (Å²) in [5.74, 6) is 1.44. The lowest BCUT2D eigenvalue weighted by molar-refractivity contribution is 0.743. The number of nitrogens with zero attached hydrogens (tertiary/aromatic N) is 2. The third-order valence-electron chi connectivity index (χ3n) is 3.25. The first-order valence-corrected chi connectivity index (χ1v) is 7.32. The minimum Gasteiger partial charge on any atom is -0.399 e.